The summed E-state index contributed by atoms with van der Waals surface area (Å²) in [7, 11) is 0. The van der Waals surface area contributed by atoms with Crippen LogP contribution in [0.1, 0.15) is 41.3 Å². The number of esters is 1. The summed E-state index contributed by atoms with van der Waals surface area (Å²) in [5.41, 5.74) is 2.40. The molecule has 29 heavy (non-hydrogen) atoms. The number of nitrogens with zero attached hydrogens (tertiary/aromatic N) is 4. The lowest BCUT2D eigenvalue weighted by Crippen LogP contribution is -2.10. The van der Waals surface area contributed by atoms with Crippen molar-refractivity contribution in [1.82, 2.24) is 14.8 Å². The maximum Gasteiger partial charge on any atom is 0.316 e. The Kier molecular flexibility index (Phi) is 5.92. The zero-order chi connectivity index (χ0) is 20.1. The fourth-order valence-corrected chi connectivity index (χ4v) is 3.79. The van der Waals surface area contributed by atoms with Gasteiger partial charge in [0.05, 0.1) is 23.9 Å². The van der Waals surface area contributed by atoms with Gasteiger partial charge in [-0.15, -0.1) is 10.2 Å². The van der Waals surface area contributed by atoms with Crippen molar-refractivity contribution in [2.75, 3.05) is 5.75 Å². The summed E-state index contributed by atoms with van der Waals surface area (Å²) in [6.07, 6.45) is 2.27. The maximum absolute atomic E-state index is 12.2. The van der Waals surface area contributed by atoms with Crippen molar-refractivity contribution in [1.29, 1.82) is 5.26 Å². The number of aromatic nitrogens is 3. The molecule has 1 fully saturated rings. The maximum atomic E-state index is 12.2. The Morgan fingerprint density at radius 2 is 1.90 bits per heavy atom. The molecule has 4 rings (SSSR count). The van der Waals surface area contributed by atoms with Gasteiger partial charge in [0.2, 0.25) is 0 Å². The van der Waals surface area contributed by atoms with Gasteiger partial charge in [0, 0.05) is 11.5 Å². The molecule has 1 heterocycles. The molecule has 1 aliphatic rings. The van der Waals surface area contributed by atoms with Crippen LogP contribution < -0.4 is 0 Å². The van der Waals surface area contributed by atoms with E-state index in [1.165, 1.54) is 17.3 Å². The summed E-state index contributed by atoms with van der Waals surface area (Å²) in [5.74, 6) is 1.26. The number of carbonyl (C=O) groups excluding carboxylic acids is 1. The van der Waals surface area contributed by atoms with Gasteiger partial charge in [-0.25, -0.2) is 0 Å². The summed E-state index contributed by atoms with van der Waals surface area (Å²) >= 11 is 1.34. The standard InChI is InChI=1S/C22H20N4O2S/c23-12-18-8-4-5-9-19(18)14-28-20(27)15-29-22-25-24-21(17-10-11-17)26(22)13-16-6-2-1-3-7-16/h1-9,17H,10-11,13-15H2. The van der Waals surface area contributed by atoms with Gasteiger partial charge in [0.25, 0.3) is 0 Å². The summed E-state index contributed by atoms with van der Waals surface area (Å²) in [6, 6.07) is 19.4. The Bertz CT molecular complexity index is 1040. The second-order valence-corrected chi connectivity index (χ2v) is 7.85. The third kappa shape index (κ3) is 4.84. The Hall–Kier alpha value is -3.11. The molecular weight excluding hydrogens is 384 g/mol. The van der Waals surface area contributed by atoms with E-state index < -0.39 is 0 Å². The minimum atomic E-state index is -0.343. The molecular formula is C22H20N4O2S. The van der Waals surface area contributed by atoms with E-state index in [2.05, 4.69) is 33.0 Å². The lowest BCUT2D eigenvalue weighted by molar-refractivity contribution is -0.141. The first-order valence-corrected chi connectivity index (χ1v) is 10.5. The molecule has 2 aromatic carbocycles. The van der Waals surface area contributed by atoms with Crippen molar-refractivity contribution in [3.63, 3.8) is 0 Å². The monoisotopic (exact) mass is 404 g/mol. The summed E-state index contributed by atoms with van der Waals surface area (Å²) < 4.78 is 7.46. The molecule has 0 radical (unpaired) electrons. The number of benzene rings is 2. The van der Waals surface area contributed by atoms with Crippen LogP contribution in [-0.2, 0) is 22.7 Å². The molecule has 3 aromatic rings. The largest absolute Gasteiger partial charge is 0.460 e. The van der Waals surface area contributed by atoms with E-state index in [9.17, 15) is 4.79 Å². The van der Waals surface area contributed by atoms with Crippen LogP contribution in [0, 0.1) is 11.3 Å². The number of rotatable bonds is 8. The first-order valence-electron chi connectivity index (χ1n) is 9.48. The number of hydrogen-bond acceptors (Lipinski definition) is 6. The molecule has 0 spiro atoms. The van der Waals surface area contributed by atoms with E-state index in [4.69, 9.17) is 10.00 Å². The summed E-state index contributed by atoms with van der Waals surface area (Å²) in [6.45, 7) is 0.778. The third-order valence-corrected chi connectivity index (χ3v) is 5.66. The Labute approximate surface area is 173 Å². The molecule has 7 heteroatoms. The van der Waals surface area contributed by atoms with E-state index in [0.717, 1.165) is 23.8 Å². The fraction of sp³-hybridized carbons (Fsp3) is 0.273. The van der Waals surface area contributed by atoms with Crippen molar-refractivity contribution in [2.45, 2.75) is 37.1 Å². The molecule has 1 aromatic heterocycles. The predicted octanol–water partition coefficient (Wildman–Crippen LogP) is 3.91. The fourth-order valence-electron chi connectivity index (χ4n) is 3.04. The average Bonchev–Trinajstić information content (AvgIpc) is 3.53. The Morgan fingerprint density at radius 3 is 2.66 bits per heavy atom. The highest BCUT2D eigenvalue weighted by Gasteiger charge is 2.30. The lowest BCUT2D eigenvalue weighted by atomic mass is 10.1. The molecule has 0 aliphatic heterocycles. The van der Waals surface area contributed by atoms with Gasteiger partial charge in [0.1, 0.15) is 12.4 Å². The van der Waals surface area contributed by atoms with Gasteiger partial charge < -0.3 is 9.30 Å². The predicted molar refractivity (Wildman–Crippen MR) is 109 cm³/mol. The number of carbonyl (C=O) groups is 1. The molecule has 0 amide bonds. The van der Waals surface area contributed by atoms with Gasteiger partial charge in [-0.1, -0.05) is 60.3 Å². The Balaban J connectivity index is 1.39. The van der Waals surface area contributed by atoms with Crippen molar-refractivity contribution >= 4 is 17.7 Å². The van der Waals surface area contributed by atoms with Gasteiger partial charge in [-0.3, -0.25) is 4.79 Å². The SMILES string of the molecule is N#Cc1ccccc1COC(=O)CSc1nnc(C2CC2)n1Cc1ccccc1. The highest BCUT2D eigenvalue weighted by atomic mass is 32.2. The third-order valence-electron chi connectivity index (χ3n) is 4.72. The van der Waals surface area contributed by atoms with Gasteiger partial charge >= 0.3 is 5.97 Å². The van der Waals surface area contributed by atoms with E-state index in [1.807, 2.05) is 24.3 Å². The second-order valence-electron chi connectivity index (χ2n) is 6.91. The Morgan fingerprint density at radius 1 is 1.14 bits per heavy atom. The van der Waals surface area contributed by atoms with Crippen LogP contribution in [0.15, 0.2) is 59.8 Å². The van der Waals surface area contributed by atoms with Crippen molar-refractivity contribution in [2.24, 2.45) is 0 Å². The topological polar surface area (TPSA) is 80.8 Å². The summed E-state index contributed by atoms with van der Waals surface area (Å²) in [5, 5.41) is 18.5. The van der Waals surface area contributed by atoms with E-state index in [0.29, 0.717) is 23.6 Å². The number of thioether (sulfide) groups is 1. The number of nitriles is 1. The van der Waals surface area contributed by atoms with E-state index in [1.54, 1.807) is 18.2 Å². The van der Waals surface area contributed by atoms with Crippen LogP contribution in [0.4, 0.5) is 0 Å². The molecule has 0 atom stereocenters. The minimum absolute atomic E-state index is 0.0904. The normalized spacial score (nSPS) is 13.1. The van der Waals surface area contributed by atoms with Gasteiger partial charge in [-0.05, 0) is 24.5 Å². The summed E-state index contributed by atoms with van der Waals surface area (Å²) in [4.78, 5) is 12.2. The zero-order valence-electron chi connectivity index (χ0n) is 15.8. The molecule has 0 saturated heterocycles. The van der Waals surface area contributed by atoms with Crippen LogP contribution in [0.3, 0.4) is 0 Å². The van der Waals surface area contributed by atoms with Crippen LogP contribution in [0.5, 0.6) is 0 Å². The number of hydrogen-bond donors (Lipinski definition) is 0. The van der Waals surface area contributed by atoms with E-state index in [-0.39, 0.29) is 18.3 Å². The molecule has 1 aliphatic carbocycles. The zero-order valence-corrected chi connectivity index (χ0v) is 16.6. The van der Waals surface area contributed by atoms with Crippen LogP contribution >= 0.6 is 11.8 Å². The van der Waals surface area contributed by atoms with Crippen molar-refractivity contribution in [3.8, 4) is 6.07 Å². The first kappa shape index (κ1) is 19.2. The quantitative estimate of drug-likeness (QED) is 0.418. The molecule has 0 bridgehead atoms. The van der Waals surface area contributed by atoms with Gasteiger partial charge in [-0.2, -0.15) is 5.26 Å². The molecule has 0 N–H and O–H groups in total. The molecule has 6 nitrogen and oxygen atoms in total. The van der Waals surface area contributed by atoms with Crippen LogP contribution in [0.25, 0.3) is 0 Å². The number of ether oxygens (including phenoxy) is 1. The average molecular weight is 404 g/mol. The van der Waals surface area contributed by atoms with Crippen LogP contribution in [0.2, 0.25) is 0 Å². The van der Waals surface area contributed by atoms with Crippen molar-refractivity contribution in [3.05, 3.63) is 77.1 Å². The highest BCUT2D eigenvalue weighted by molar-refractivity contribution is 7.99. The lowest BCUT2D eigenvalue weighted by Gasteiger charge is -2.10. The smallest absolute Gasteiger partial charge is 0.316 e. The molecule has 0 unspecified atom stereocenters. The highest BCUT2D eigenvalue weighted by Crippen LogP contribution is 2.40. The van der Waals surface area contributed by atoms with Crippen LogP contribution in [-0.4, -0.2) is 26.5 Å². The van der Waals surface area contributed by atoms with E-state index >= 15 is 0 Å². The molecule has 146 valence electrons. The minimum Gasteiger partial charge on any atom is -0.460 e. The van der Waals surface area contributed by atoms with Crippen molar-refractivity contribution < 1.29 is 9.53 Å². The first-order chi connectivity index (χ1) is 14.2. The molecule has 1 saturated carbocycles. The van der Waals surface area contributed by atoms with Gasteiger partial charge in [0.15, 0.2) is 5.16 Å². The second kappa shape index (κ2) is 8.93.